The maximum Gasteiger partial charge on any atom is 0.305 e. The van der Waals surface area contributed by atoms with Crippen molar-refractivity contribution in [2.24, 2.45) is 5.41 Å². The van der Waals surface area contributed by atoms with Crippen LogP contribution in [0, 0.1) is 5.41 Å². The predicted octanol–water partition coefficient (Wildman–Crippen LogP) is 0.620. The quantitative estimate of drug-likeness (QED) is 0.765. The Balaban J connectivity index is 1.99. The Morgan fingerprint density at radius 2 is 2.05 bits per heavy atom. The molecule has 2 aliphatic rings. The predicted molar refractivity (Wildman–Crippen MR) is 81.1 cm³/mol. The summed E-state index contributed by atoms with van der Waals surface area (Å²) in [5.41, 5.74) is -0.400. The van der Waals surface area contributed by atoms with Crippen molar-refractivity contribution in [1.29, 1.82) is 0 Å². The molecule has 1 aliphatic heterocycles. The second kappa shape index (κ2) is 6.16. The van der Waals surface area contributed by atoms with Gasteiger partial charge in [-0.1, -0.05) is 0 Å². The maximum atomic E-state index is 12.5. The number of carbonyl (C=O) groups is 2. The molecule has 2 rings (SSSR count). The fourth-order valence-corrected chi connectivity index (χ4v) is 5.45. The molecule has 1 aliphatic carbocycles. The second-order valence-electron chi connectivity index (χ2n) is 6.16. The zero-order valence-corrected chi connectivity index (χ0v) is 13.7. The molecule has 8 heteroatoms. The molecule has 2 fully saturated rings. The van der Waals surface area contributed by atoms with Gasteiger partial charge in [0.2, 0.25) is 5.91 Å². The van der Waals surface area contributed by atoms with E-state index >= 15 is 0 Å². The minimum Gasteiger partial charge on any atom is -0.481 e. The van der Waals surface area contributed by atoms with Crippen LogP contribution < -0.4 is 0 Å². The van der Waals surface area contributed by atoms with Gasteiger partial charge in [0.1, 0.15) is 9.84 Å². The van der Waals surface area contributed by atoms with Gasteiger partial charge in [-0.05, 0) is 18.3 Å². The van der Waals surface area contributed by atoms with Gasteiger partial charge in [-0.2, -0.15) is 11.8 Å². The number of hydrogen-bond donors (Lipinski definition) is 1. The normalized spacial score (nSPS) is 24.6. The highest BCUT2D eigenvalue weighted by molar-refractivity contribution is 7.99. The van der Waals surface area contributed by atoms with E-state index in [1.165, 1.54) is 6.26 Å². The number of hydrogen-bond acceptors (Lipinski definition) is 5. The minimum atomic E-state index is -3.10. The highest BCUT2D eigenvalue weighted by Gasteiger charge is 2.48. The highest BCUT2D eigenvalue weighted by Crippen LogP contribution is 2.50. The summed E-state index contributed by atoms with van der Waals surface area (Å²) < 4.78 is 22.9. The number of rotatable bonds is 6. The molecule has 21 heavy (non-hydrogen) atoms. The van der Waals surface area contributed by atoms with Gasteiger partial charge in [-0.15, -0.1) is 0 Å². The lowest BCUT2D eigenvalue weighted by atomic mass is 10.0. The van der Waals surface area contributed by atoms with Crippen molar-refractivity contribution >= 4 is 33.5 Å². The van der Waals surface area contributed by atoms with Crippen molar-refractivity contribution in [1.82, 2.24) is 4.90 Å². The smallest absolute Gasteiger partial charge is 0.305 e. The lowest BCUT2D eigenvalue weighted by Crippen LogP contribution is -2.48. The molecule has 1 N–H and O–H groups in total. The fourth-order valence-electron chi connectivity index (χ4n) is 2.88. The number of carboxylic acid groups (broad SMARTS) is 1. The number of carbonyl (C=O) groups excluding carboxylic acids is 1. The number of thioether (sulfide) groups is 1. The third kappa shape index (κ3) is 4.88. The van der Waals surface area contributed by atoms with Crippen molar-refractivity contribution in [3.8, 4) is 0 Å². The third-order valence-corrected chi connectivity index (χ3v) is 6.24. The standard InChI is InChI=1S/C13H21NO5S2/c1-21(18,19)9-13(2-3-13)7-11(15)14-4-5-20-8-10(14)6-12(16)17/h10H,2-9H2,1H3,(H,16,17). The molecule has 1 saturated carbocycles. The van der Waals surface area contributed by atoms with Gasteiger partial charge in [0.15, 0.2) is 0 Å². The van der Waals surface area contributed by atoms with Gasteiger partial charge >= 0.3 is 5.97 Å². The topological polar surface area (TPSA) is 91.8 Å². The van der Waals surface area contributed by atoms with E-state index in [0.717, 1.165) is 18.6 Å². The Labute approximate surface area is 129 Å². The first-order chi connectivity index (χ1) is 9.71. The van der Waals surface area contributed by atoms with Crippen LogP contribution in [0.4, 0.5) is 0 Å². The molecule has 0 bridgehead atoms. The van der Waals surface area contributed by atoms with E-state index in [4.69, 9.17) is 5.11 Å². The Morgan fingerprint density at radius 3 is 2.57 bits per heavy atom. The van der Waals surface area contributed by atoms with Crippen LogP contribution in [0.1, 0.15) is 25.7 Å². The summed E-state index contributed by atoms with van der Waals surface area (Å²) in [4.78, 5) is 25.0. The molecule has 6 nitrogen and oxygen atoms in total. The average Bonchev–Trinajstić information content (AvgIpc) is 3.05. The molecule has 1 heterocycles. The Bertz CT molecular complexity index is 527. The zero-order valence-electron chi connectivity index (χ0n) is 12.1. The number of aliphatic carboxylic acids is 1. The summed E-state index contributed by atoms with van der Waals surface area (Å²) in [6.45, 7) is 0.552. The van der Waals surface area contributed by atoms with Crippen molar-refractivity contribution in [3.63, 3.8) is 0 Å². The molecule has 0 aromatic heterocycles. The fraction of sp³-hybridized carbons (Fsp3) is 0.846. The van der Waals surface area contributed by atoms with Gasteiger partial charge < -0.3 is 10.0 Å². The second-order valence-corrected chi connectivity index (χ2v) is 9.45. The molecular weight excluding hydrogens is 314 g/mol. The molecule has 0 radical (unpaired) electrons. The van der Waals surface area contributed by atoms with E-state index in [2.05, 4.69) is 0 Å². The van der Waals surface area contributed by atoms with Crippen LogP contribution in [0.3, 0.4) is 0 Å². The molecule has 1 amide bonds. The summed E-state index contributed by atoms with van der Waals surface area (Å²) in [7, 11) is -3.10. The van der Waals surface area contributed by atoms with E-state index in [1.807, 2.05) is 0 Å². The van der Waals surface area contributed by atoms with Crippen LogP contribution in [-0.4, -0.2) is 66.4 Å². The molecule has 1 atom stereocenters. The largest absolute Gasteiger partial charge is 0.481 e. The summed E-state index contributed by atoms with van der Waals surface area (Å²) in [6.07, 6.45) is 2.90. The molecule has 0 aromatic carbocycles. The Kier molecular flexibility index (Phi) is 4.87. The molecule has 1 unspecified atom stereocenters. The van der Waals surface area contributed by atoms with Gasteiger partial charge in [0, 0.05) is 30.7 Å². The molecule has 0 aromatic rings. The summed E-state index contributed by atoms with van der Waals surface area (Å²) in [6, 6.07) is -0.275. The van der Waals surface area contributed by atoms with Crippen LogP contribution in [0.5, 0.6) is 0 Å². The lowest BCUT2D eigenvalue weighted by molar-refractivity contribution is -0.140. The van der Waals surface area contributed by atoms with Gasteiger partial charge in [0.25, 0.3) is 0 Å². The molecule has 0 spiro atoms. The van der Waals surface area contributed by atoms with Crippen molar-refractivity contribution in [2.75, 3.05) is 30.1 Å². The number of amides is 1. The maximum absolute atomic E-state index is 12.5. The van der Waals surface area contributed by atoms with Crippen LogP contribution in [0.25, 0.3) is 0 Å². The van der Waals surface area contributed by atoms with Crippen LogP contribution in [-0.2, 0) is 19.4 Å². The lowest BCUT2D eigenvalue weighted by Gasteiger charge is -2.35. The first kappa shape index (κ1) is 16.6. The summed E-state index contributed by atoms with van der Waals surface area (Å²) >= 11 is 1.66. The number of carboxylic acids is 1. The minimum absolute atomic E-state index is 0.0438. The SMILES string of the molecule is CS(=O)(=O)CC1(CC(=O)N2CCSCC2CC(=O)O)CC1. The first-order valence-electron chi connectivity index (χ1n) is 6.98. The summed E-state index contributed by atoms with van der Waals surface area (Å²) in [5.74, 6) is 0.496. The van der Waals surface area contributed by atoms with Crippen LogP contribution in [0.15, 0.2) is 0 Å². The Morgan fingerprint density at radius 1 is 1.38 bits per heavy atom. The van der Waals surface area contributed by atoms with Gasteiger partial charge in [0.05, 0.1) is 18.2 Å². The number of sulfone groups is 1. The highest BCUT2D eigenvalue weighted by atomic mass is 32.2. The summed E-state index contributed by atoms with van der Waals surface area (Å²) in [5, 5.41) is 8.94. The zero-order chi connectivity index (χ0) is 15.7. The van der Waals surface area contributed by atoms with E-state index in [-0.39, 0.29) is 30.5 Å². The van der Waals surface area contributed by atoms with E-state index in [1.54, 1.807) is 16.7 Å². The van der Waals surface area contributed by atoms with E-state index in [9.17, 15) is 18.0 Å². The molecule has 120 valence electrons. The average molecular weight is 335 g/mol. The van der Waals surface area contributed by atoms with Crippen LogP contribution in [0.2, 0.25) is 0 Å². The van der Waals surface area contributed by atoms with Crippen molar-refractivity contribution in [2.45, 2.75) is 31.7 Å². The van der Waals surface area contributed by atoms with Crippen molar-refractivity contribution < 1.29 is 23.1 Å². The number of nitrogens with zero attached hydrogens (tertiary/aromatic N) is 1. The Hall–Kier alpha value is -0.760. The van der Waals surface area contributed by atoms with Gasteiger partial charge in [-0.25, -0.2) is 8.42 Å². The van der Waals surface area contributed by atoms with E-state index < -0.39 is 21.2 Å². The van der Waals surface area contributed by atoms with Crippen LogP contribution >= 0.6 is 11.8 Å². The monoisotopic (exact) mass is 335 g/mol. The van der Waals surface area contributed by atoms with Crippen molar-refractivity contribution in [3.05, 3.63) is 0 Å². The van der Waals surface area contributed by atoms with E-state index in [0.29, 0.717) is 12.3 Å². The van der Waals surface area contributed by atoms with Gasteiger partial charge in [-0.3, -0.25) is 9.59 Å². The molecular formula is C13H21NO5S2. The first-order valence-corrected chi connectivity index (χ1v) is 10.2. The molecule has 1 saturated heterocycles. The third-order valence-electron chi connectivity index (χ3n) is 4.01.